The largest absolute Gasteiger partial charge is 0.388 e. The van der Waals surface area contributed by atoms with Crippen molar-refractivity contribution in [3.8, 4) is 0 Å². The lowest BCUT2D eigenvalue weighted by Crippen LogP contribution is -2.46. The average molecular weight is 442 g/mol. The van der Waals surface area contributed by atoms with Crippen LogP contribution in [0.25, 0.3) is 0 Å². The molecule has 4 fully saturated rings. The lowest BCUT2D eigenvalue weighted by molar-refractivity contribution is -0.138. The quantitative estimate of drug-likeness (QED) is 0.539. The van der Waals surface area contributed by atoms with Gasteiger partial charge in [0, 0.05) is 32.1 Å². The predicted molar refractivity (Wildman–Crippen MR) is 108 cm³/mol. The summed E-state index contributed by atoms with van der Waals surface area (Å²) in [5.74, 6) is 0.108. The molecule has 10 heteroatoms. The van der Waals surface area contributed by atoms with Crippen LogP contribution in [0, 0.1) is 0 Å². The maximum Gasteiger partial charge on any atom is 0.225 e. The number of halogens is 2. The lowest BCUT2D eigenvalue weighted by Gasteiger charge is -2.28. The summed E-state index contributed by atoms with van der Waals surface area (Å²) in [5, 5.41) is 17.4. The topological polar surface area (TPSA) is 92.3 Å². The second-order valence-corrected chi connectivity index (χ2v) is 7.79. The highest BCUT2D eigenvalue weighted by Gasteiger charge is 2.50. The Balaban J connectivity index is 0.00000140. The number of fused-ring (bicyclic) bond motifs is 1. The number of carbonyl (C=O) groups excluding carboxylic acids is 1. The van der Waals surface area contributed by atoms with Crippen molar-refractivity contribution in [3.63, 3.8) is 0 Å². The number of carbonyl (C=O) groups is 1. The van der Waals surface area contributed by atoms with Gasteiger partial charge in [-0.15, -0.1) is 24.8 Å². The van der Waals surface area contributed by atoms with Crippen LogP contribution in [0.4, 0.5) is 0 Å². The second-order valence-electron chi connectivity index (χ2n) is 7.79. The van der Waals surface area contributed by atoms with E-state index in [1.807, 2.05) is 4.90 Å². The van der Waals surface area contributed by atoms with Gasteiger partial charge in [0.15, 0.2) is 0 Å². The number of nitrogens with zero attached hydrogens (tertiary/aromatic N) is 1. The van der Waals surface area contributed by atoms with Crippen molar-refractivity contribution in [2.24, 2.45) is 0 Å². The molecule has 0 saturated carbocycles. The van der Waals surface area contributed by atoms with Gasteiger partial charge in [-0.2, -0.15) is 0 Å². The second kappa shape index (κ2) is 11.3. The first kappa shape index (κ1) is 24.1. The zero-order chi connectivity index (χ0) is 17.9. The zero-order valence-corrected chi connectivity index (χ0v) is 17.7. The zero-order valence-electron chi connectivity index (χ0n) is 16.1. The molecule has 0 bridgehead atoms. The maximum atomic E-state index is 12.4. The minimum Gasteiger partial charge on any atom is -0.388 e. The Kier molecular flexibility index (Phi) is 9.69. The van der Waals surface area contributed by atoms with Crippen LogP contribution in [0.1, 0.15) is 25.7 Å². The molecule has 164 valence electrons. The summed E-state index contributed by atoms with van der Waals surface area (Å²) < 4.78 is 17.3. The number of nitrogens with one attached hydrogen (secondary N) is 2. The number of ether oxygens (including phenoxy) is 3. The van der Waals surface area contributed by atoms with Crippen LogP contribution in [0.2, 0.25) is 0 Å². The van der Waals surface area contributed by atoms with E-state index < -0.39 is 6.10 Å². The fourth-order valence-corrected chi connectivity index (χ4v) is 4.45. The van der Waals surface area contributed by atoms with Crippen LogP contribution < -0.4 is 10.6 Å². The summed E-state index contributed by atoms with van der Waals surface area (Å²) in [5.41, 5.74) is 0. The Morgan fingerprint density at radius 3 is 2.54 bits per heavy atom. The molecule has 0 aromatic heterocycles. The molecule has 4 aliphatic heterocycles. The van der Waals surface area contributed by atoms with Gasteiger partial charge < -0.3 is 34.9 Å². The molecule has 3 N–H and O–H groups in total. The van der Waals surface area contributed by atoms with Gasteiger partial charge in [-0.1, -0.05) is 0 Å². The maximum absolute atomic E-state index is 12.4. The highest BCUT2D eigenvalue weighted by atomic mass is 35.5. The molecule has 1 amide bonds. The van der Waals surface area contributed by atoms with Crippen molar-refractivity contribution in [1.82, 2.24) is 15.5 Å². The van der Waals surface area contributed by atoms with Crippen LogP contribution in [0.15, 0.2) is 0 Å². The van der Waals surface area contributed by atoms with E-state index in [-0.39, 0.29) is 55.1 Å². The third kappa shape index (κ3) is 5.70. The smallest absolute Gasteiger partial charge is 0.225 e. The highest BCUT2D eigenvalue weighted by Crippen LogP contribution is 2.35. The molecular formula is C18H33Cl2N3O5. The summed E-state index contributed by atoms with van der Waals surface area (Å²) in [7, 11) is 0. The third-order valence-corrected chi connectivity index (χ3v) is 5.99. The third-order valence-electron chi connectivity index (χ3n) is 5.99. The summed E-state index contributed by atoms with van der Waals surface area (Å²) >= 11 is 0. The molecular weight excluding hydrogens is 409 g/mol. The van der Waals surface area contributed by atoms with Crippen LogP contribution in [0.3, 0.4) is 0 Å². The van der Waals surface area contributed by atoms with Gasteiger partial charge >= 0.3 is 0 Å². The molecule has 4 saturated heterocycles. The van der Waals surface area contributed by atoms with Crippen LogP contribution in [0.5, 0.6) is 0 Å². The van der Waals surface area contributed by atoms with Crippen molar-refractivity contribution < 1.29 is 24.1 Å². The monoisotopic (exact) mass is 441 g/mol. The Bertz CT molecular complexity index is 492. The molecule has 28 heavy (non-hydrogen) atoms. The number of aliphatic hydroxyl groups is 1. The van der Waals surface area contributed by atoms with Gasteiger partial charge in [0.05, 0.1) is 37.9 Å². The van der Waals surface area contributed by atoms with E-state index in [4.69, 9.17) is 14.2 Å². The molecule has 5 atom stereocenters. The Labute approximate surface area is 178 Å². The standard InChI is InChI=1S/C18H31N3O5.2ClH/c22-16(21-5-7-24-8-6-21)10-13-9-14-18(25-13)17(23)15(26-14)11-20-12-1-3-19-4-2-12;;/h12-15,17-20,23H,1-11H2;2*1H/t13-,14+,15+,17+,18-;;/m0../s1. The summed E-state index contributed by atoms with van der Waals surface area (Å²) in [4.78, 5) is 14.2. The van der Waals surface area contributed by atoms with Crippen molar-refractivity contribution in [1.29, 1.82) is 0 Å². The van der Waals surface area contributed by atoms with E-state index in [1.165, 1.54) is 0 Å². The number of amides is 1. The number of morpholine rings is 1. The van der Waals surface area contributed by atoms with Crippen molar-refractivity contribution >= 4 is 30.7 Å². The molecule has 0 radical (unpaired) electrons. The Morgan fingerprint density at radius 1 is 1.14 bits per heavy atom. The SMILES string of the molecule is Cl.Cl.O=C(C[C@@H]1C[C@H]2O[C@H](CNC3CCNCC3)[C@@H](O)[C@H]2O1)N1CCOCC1. The first-order valence-corrected chi connectivity index (χ1v) is 9.99. The van der Waals surface area contributed by atoms with E-state index in [0.29, 0.717) is 51.7 Å². The van der Waals surface area contributed by atoms with Crippen molar-refractivity contribution in [2.75, 3.05) is 45.9 Å². The number of rotatable bonds is 5. The first-order chi connectivity index (χ1) is 12.7. The summed E-state index contributed by atoms with van der Waals surface area (Å²) in [6, 6.07) is 0.493. The lowest BCUT2D eigenvalue weighted by atomic mass is 10.0. The molecule has 8 nitrogen and oxygen atoms in total. The van der Waals surface area contributed by atoms with Crippen LogP contribution >= 0.6 is 24.8 Å². The van der Waals surface area contributed by atoms with E-state index in [2.05, 4.69) is 10.6 Å². The van der Waals surface area contributed by atoms with Crippen LogP contribution in [-0.4, -0.2) is 98.4 Å². The molecule has 4 rings (SSSR count). The van der Waals surface area contributed by atoms with E-state index in [1.54, 1.807) is 0 Å². The molecule has 0 unspecified atom stereocenters. The molecule has 4 aliphatic rings. The van der Waals surface area contributed by atoms with Crippen molar-refractivity contribution in [3.05, 3.63) is 0 Å². The van der Waals surface area contributed by atoms with E-state index in [9.17, 15) is 9.90 Å². The summed E-state index contributed by atoms with van der Waals surface area (Å²) in [6.45, 7) is 5.26. The highest BCUT2D eigenvalue weighted by molar-refractivity contribution is 5.85. The normalized spacial score (nSPS) is 35.8. The molecule has 0 aliphatic carbocycles. The fourth-order valence-electron chi connectivity index (χ4n) is 4.45. The minimum absolute atomic E-state index is 0. The van der Waals surface area contributed by atoms with Gasteiger partial charge in [-0.3, -0.25) is 4.79 Å². The summed E-state index contributed by atoms with van der Waals surface area (Å²) in [6.07, 6.45) is 1.84. The molecule has 4 heterocycles. The van der Waals surface area contributed by atoms with Gasteiger partial charge in [-0.05, 0) is 25.9 Å². The average Bonchev–Trinajstić information content (AvgIpc) is 3.20. The van der Waals surface area contributed by atoms with Crippen LogP contribution in [-0.2, 0) is 19.0 Å². The van der Waals surface area contributed by atoms with Gasteiger partial charge in [0.1, 0.15) is 12.2 Å². The van der Waals surface area contributed by atoms with Crippen molar-refractivity contribution in [2.45, 2.75) is 62.2 Å². The minimum atomic E-state index is -0.627. The van der Waals surface area contributed by atoms with Gasteiger partial charge in [0.2, 0.25) is 5.91 Å². The molecule has 0 spiro atoms. The number of piperidine rings is 1. The number of aliphatic hydroxyl groups excluding tert-OH is 1. The predicted octanol–water partition coefficient (Wildman–Crippen LogP) is -0.294. The fraction of sp³-hybridized carbons (Fsp3) is 0.944. The van der Waals surface area contributed by atoms with E-state index >= 15 is 0 Å². The Morgan fingerprint density at radius 2 is 1.86 bits per heavy atom. The van der Waals surface area contributed by atoms with Gasteiger partial charge in [0.25, 0.3) is 0 Å². The van der Waals surface area contributed by atoms with E-state index in [0.717, 1.165) is 25.9 Å². The number of hydrogen-bond donors (Lipinski definition) is 3. The molecule has 0 aromatic rings. The Hall–Kier alpha value is -0.190. The molecule has 0 aromatic carbocycles. The first-order valence-electron chi connectivity index (χ1n) is 9.99. The number of hydrogen-bond acceptors (Lipinski definition) is 7. The van der Waals surface area contributed by atoms with Gasteiger partial charge in [-0.25, -0.2) is 0 Å².